The molecule has 0 aliphatic heterocycles. The molecule has 0 atom stereocenters. The van der Waals surface area contributed by atoms with Crippen molar-refractivity contribution < 1.29 is 17.9 Å². The standard InChI is InChI=1S/C25H19N3O4S2/c1-32-19-10-12-20(13-11-19)34(30,31)28-18-7-4-6-17(15-18)24(29)27-25-26-23-21-8-3-2-5-16(21)9-14-22(23)33-25/h2-15,28H,1H3,(H,26,27,29). The number of amides is 1. The van der Waals surface area contributed by atoms with Crippen molar-refractivity contribution in [3.8, 4) is 5.75 Å². The van der Waals surface area contributed by atoms with Crippen molar-refractivity contribution in [1.82, 2.24) is 4.98 Å². The summed E-state index contributed by atoms with van der Waals surface area (Å²) in [7, 11) is -2.32. The number of hydrogen-bond acceptors (Lipinski definition) is 6. The minimum atomic E-state index is -3.83. The first kappa shape index (κ1) is 21.9. The minimum absolute atomic E-state index is 0.0878. The Hall–Kier alpha value is -3.95. The van der Waals surface area contributed by atoms with Crippen LogP contribution in [-0.4, -0.2) is 26.4 Å². The van der Waals surface area contributed by atoms with Crippen molar-refractivity contribution in [1.29, 1.82) is 0 Å². The van der Waals surface area contributed by atoms with Gasteiger partial charge in [-0.25, -0.2) is 13.4 Å². The van der Waals surface area contributed by atoms with E-state index in [1.54, 1.807) is 30.3 Å². The van der Waals surface area contributed by atoms with Crippen LogP contribution < -0.4 is 14.8 Å². The van der Waals surface area contributed by atoms with Crippen LogP contribution in [0.5, 0.6) is 5.75 Å². The monoisotopic (exact) mass is 489 g/mol. The van der Waals surface area contributed by atoms with Crippen LogP contribution in [0.15, 0.2) is 89.8 Å². The van der Waals surface area contributed by atoms with Gasteiger partial charge >= 0.3 is 0 Å². The Kier molecular flexibility index (Phi) is 5.64. The highest BCUT2D eigenvalue weighted by molar-refractivity contribution is 7.92. The highest BCUT2D eigenvalue weighted by Gasteiger charge is 2.16. The van der Waals surface area contributed by atoms with E-state index in [4.69, 9.17) is 4.74 Å². The molecule has 0 saturated heterocycles. The van der Waals surface area contributed by atoms with Crippen LogP contribution in [0.1, 0.15) is 10.4 Å². The summed E-state index contributed by atoms with van der Waals surface area (Å²) in [5.41, 5.74) is 1.41. The van der Waals surface area contributed by atoms with E-state index in [-0.39, 0.29) is 16.5 Å². The molecular formula is C25H19N3O4S2. The summed E-state index contributed by atoms with van der Waals surface area (Å²) in [6.07, 6.45) is 0. The van der Waals surface area contributed by atoms with Gasteiger partial charge in [0.25, 0.3) is 15.9 Å². The predicted molar refractivity (Wildman–Crippen MR) is 135 cm³/mol. The molecule has 1 heterocycles. The van der Waals surface area contributed by atoms with E-state index in [2.05, 4.69) is 15.0 Å². The molecular weight excluding hydrogens is 470 g/mol. The van der Waals surface area contributed by atoms with Crippen LogP contribution in [0.3, 0.4) is 0 Å². The smallest absolute Gasteiger partial charge is 0.261 e. The maximum absolute atomic E-state index is 12.9. The first-order chi connectivity index (χ1) is 16.4. The molecule has 1 amide bonds. The van der Waals surface area contributed by atoms with E-state index in [9.17, 15) is 13.2 Å². The van der Waals surface area contributed by atoms with Gasteiger partial charge in [0.2, 0.25) is 0 Å². The van der Waals surface area contributed by atoms with Crippen molar-refractivity contribution >= 4 is 59.1 Å². The van der Waals surface area contributed by atoms with Crippen molar-refractivity contribution in [3.05, 3.63) is 90.5 Å². The maximum Gasteiger partial charge on any atom is 0.261 e. The number of benzene rings is 4. The second-order valence-electron chi connectivity index (χ2n) is 7.47. The lowest BCUT2D eigenvalue weighted by atomic mass is 10.1. The van der Waals surface area contributed by atoms with Gasteiger partial charge in [-0.05, 0) is 53.9 Å². The minimum Gasteiger partial charge on any atom is -0.497 e. The van der Waals surface area contributed by atoms with Gasteiger partial charge in [0.05, 0.1) is 22.2 Å². The molecule has 9 heteroatoms. The lowest BCUT2D eigenvalue weighted by Gasteiger charge is -2.10. The number of hydrogen-bond donors (Lipinski definition) is 2. The highest BCUT2D eigenvalue weighted by atomic mass is 32.2. The van der Waals surface area contributed by atoms with Gasteiger partial charge in [0.15, 0.2) is 5.13 Å². The molecule has 0 bridgehead atoms. The van der Waals surface area contributed by atoms with Gasteiger partial charge in [-0.15, -0.1) is 0 Å². The zero-order chi connectivity index (χ0) is 23.7. The summed E-state index contributed by atoms with van der Waals surface area (Å²) in [5, 5.41) is 5.40. The number of sulfonamides is 1. The second kappa shape index (κ2) is 8.77. The van der Waals surface area contributed by atoms with E-state index in [1.165, 1.54) is 36.6 Å². The van der Waals surface area contributed by atoms with Gasteiger partial charge in [0.1, 0.15) is 5.75 Å². The molecule has 1 aromatic heterocycles. The van der Waals surface area contributed by atoms with E-state index in [0.717, 1.165) is 21.0 Å². The van der Waals surface area contributed by atoms with Crippen LogP contribution >= 0.6 is 11.3 Å². The largest absolute Gasteiger partial charge is 0.497 e. The summed E-state index contributed by atoms with van der Waals surface area (Å²) >= 11 is 1.38. The quantitative estimate of drug-likeness (QED) is 0.328. The van der Waals surface area contributed by atoms with Crippen LogP contribution in [0.4, 0.5) is 10.8 Å². The number of anilines is 2. The Bertz CT molecular complexity index is 1630. The lowest BCUT2D eigenvalue weighted by Crippen LogP contribution is -2.15. The SMILES string of the molecule is COc1ccc(S(=O)(=O)Nc2cccc(C(=O)Nc3nc4c(ccc5ccccc54)s3)c2)cc1. The Morgan fingerprint density at radius 3 is 2.53 bits per heavy atom. The van der Waals surface area contributed by atoms with E-state index in [1.807, 2.05) is 36.4 Å². The summed E-state index contributed by atoms with van der Waals surface area (Å²) in [6, 6.07) is 24.3. The molecule has 2 N–H and O–H groups in total. The number of carbonyl (C=O) groups excluding carboxylic acids is 1. The number of aromatic nitrogens is 1. The van der Waals surface area contributed by atoms with Crippen molar-refractivity contribution in [3.63, 3.8) is 0 Å². The molecule has 4 aromatic carbocycles. The van der Waals surface area contributed by atoms with Gasteiger partial charge < -0.3 is 4.74 Å². The fourth-order valence-corrected chi connectivity index (χ4v) is 5.50. The van der Waals surface area contributed by atoms with Crippen molar-refractivity contribution in [2.24, 2.45) is 0 Å². The van der Waals surface area contributed by atoms with Gasteiger partial charge in [-0.2, -0.15) is 0 Å². The third-order valence-corrected chi connectivity index (χ3v) is 7.58. The van der Waals surface area contributed by atoms with Crippen LogP contribution in [0.25, 0.3) is 21.0 Å². The maximum atomic E-state index is 12.9. The Labute approximate surface area is 200 Å². The highest BCUT2D eigenvalue weighted by Crippen LogP contribution is 2.32. The number of methoxy groups -OCH3 is 1. The van der Waals surface area contributed by atoms with E-state index >= 15 is 0 Å². The van der Waals surface area contributed by atoms with Crippen molar-refractivity contribution in [2.75, 3.05) is 17.1 Å². The number of carbonyl (C=O) groups is 1. The van der Waals surface area contributed by atoms with Crippen LogP contribution in [0.2, 0.25) is 0 Å². The first-order valence-electron chi connectivity index (χ1n) is 10.3. The molecule has 5 aromatic rings. The Balaban J connectivity index is 1.36. The summed E-state index contributed by atoms with van der Waals surface area (Å²) in [6.45, 7) is 0. The number of rotatable bonds is 6. The second-order valence-corrected chi connectivity index (χ2v) is 10.2. The molecule has 34 heavy (non-hydrogen) atoms. The molecule has 0 saturated carbocycles. The molecule has 5 rings (SSSR count). The molecule has 0 spiro atoms. The molecule has 7 nitrogen and oxygen atoms in total. The molecule has 170 valence electrons. The number of nitrogens with one attached hydrogen (secondary N) is 2. The fraction of sp³-hybridized carbons (Fsp3) is 0.0400. The summed E-state index contributed by atoms with van der Waals surface area (Å²) in [5.74, 6) is 0.175. The number of fused-ring (bicyclic) bond motifs is 3. The van der Waals surface area contributed by atoms with Gasteiger partial charge in [0, 0.05) is 16.6 Å². The average Bonchev–Trinajstić information content (AvgIpc) is 3.27. The lowest BCUT2D eigenvalue weighted by molar-refractivity contribution is 0.102. The molecule has 0 unspecified atom stereocenters. The molecule has 0 fully saturated rings. The third kappa shape index (κ3) is 4.30. The summed E-state index contributed by atoms with van der Waals surface area (Å²) in [4.78, 5) is 17.6. The predicted octanol–water partition coefficient (Wildman–Crippen LogP) is 5.51. The topological polar surface area (TPSA) is 97.4 Å². The van der Waals surface area contributed by atoms with Crippen molar-refractivity contribution in [2.45, 2.75) is 4.90 Å². The Morgan fingerprint density at radius 2 is 1.74 bits per heavy atom. The zero-order valence-electron chi connectivity index (χ0n) is 18.0. The zero-order valence-corrected chi connectivity index (χ0v) is 19.6. The number of nitrogens with zero attached hydrogens (tertiary/aromatic N) is 1. The van der Waals surface area contributed by atoms with Gasteiger partial charge in [-0.3, -0.25) is 14.8 Å². The van der Waals surface area contributed by atoms with Crippen LogP contribution in [0, 0.1) is 0 Å². The molecule has 0 aliphatic carbocycles. The number of ether oxygens (including phenoxy) is 1. The number of thiazole rings is 1. The normalized spacial score (nSPS) is 11.4. The molecule has 0 aliphatic rings. The van der Waals surface area contributed by atoms with Crippen LogP contribution in [-0.2, 0) is 10.0 Å². The average molecular weight is 490 g/mol. The first-order valence-corrected chi connectivity index (χ1v) is 12.6. The summed E-state index contributed by atoms with van der Waals surface area (Å²) < 4.78 is 34.0. The Morgan fingerprint density at radius 1 is 0.941 bits per heavy atom. The molecule has 0 radical (unpaired) electrons. The van der Waals surface area contributed by atoms with E-state index < -0.39 is 10.0 Å². The fourth-order valence-electron chi connectivity index (χ4n) is 3.58. The third-order valence-electron chi connectivity index (χ3n) is 5.25. The van der Waals surface area contributed by atoms with E-state index in [0.29, 0.717) is 16.4 Å². The van der Waals surface area contributed by atoms with Gasteiger partial charge in [-0.1, -0.05) is 47.7 Å².